The molecule has 0 bridgehead atoms. The standard InChI is InChI=1S/C12H17N3S2/c1-3-5-10-12(17-15-14-10)11(13-2)8-9-6-4-7-16-9/h4,6-7,11,13H,3,5,8H2,1-2H3. The Hall–Kier alpha value is -0.780. The van der Waals surface area contributed by atoms with Crippen LogP contribution in [0.3, 0.4) is 0 Å². The van der Waals surface area contributed by atoms with E-state index >= 15 is 0 Å². The van der Waals surface area contributed by atoms with Crippen LogP contribution in [0.5, 0.6) is 0 Å². The van der Waals surface area contributed by atoms with Crippen LogP contribution in [0.2, 0.25) is 0 Å². The quantitative estimate of drug-likeness (QED) is 0.874. The zero-order valence-electron chi connectivity index (χ0n) is 10.1. The molecule has 0 fully saturated rings. The first-order valence-corrected chi connectivity index (χ1v) is 7.51. The van der Waals surface area contributed by atoms with Crippen LogP contribution in [-0.2, 0) is 12.8 Å². The molecule has 0 aliphatic heterocycles. The second-order valence-corrected chi connectivity index (χ2v) is 5.78. The normalized spacial score (nSPS) is 12.8. The number of likely N-dealkylation sites (N-methyl/N-ethyl adjacent to an activating group) is 1. The summed E-state index contributed by atoms with van der Waals surface area (Å²) in [4.78, 5) is 2.70. The zero-order valence-corrected chi connectivity index (χ0v) is 11.8. The minimum Gasteiger partial charge on any atom is -0.312 e. The first-order valence-electron chi connectivity index (χ1n) is 5.86. The molecule has 1 N–H and O–H groups in total. The van der Waals surface area contributed by atoms with E-state index in [1.54, 1.807) is 11.3 Å². The molecule has 2 heterocycles. The summed E-state index contributed by atoms with van der Waals surface area (Å²) in [7, 11) is 2.01. The first-order chi connectivity index (χ1) is 8.35. The van der Waals surface area contributed by atoms with Gasteiger partial charge in [-0.25, -0.2) is 0 Å². The van der Waals surface area contributed by atoms with Gasteiger partial charge in [0.05, 0.1) is 10.6 Å². The van der Waals surface area contributed by atoms with Gasteiger partial charge in [0.25, 0.3) is 0 Å². The predicted octanol–water partition coefficient (Wildman–Crippen LogP) is 3.06. The Morgan fingerprint density at radius 2 is 2.35 bits per heavy atom. The number of hydrogen-bond donors (Lipinski definition) is 1. The van der Waals surface area contributed by atoms with Crippen LogP contribution in [0.4, 0.5) is 0 Å². The Balaban J connectivity index is 2.14. The molecule has 0 saturated carbocycles. The lowest BCUT2D eigenvalue weighted by molar-refractivity contribution is 0.598. The fraction of sp³-hybridized carbons (Fsp3) is 0.500. The predicted molar refractivity (Wildman–Crippen MR) is 73.7 cm³/mol. The highest BCUT2D eigenvalue weighted by Gasteiger charge is 2.18. The monoisotopic (exact) mass is 267 g/mol. The second kappa shape index (κ2) is 6.23. The van der Waals surface area contributed by atoms with Gasteiger partial charge in [0.15, 0.2) is 0 Å². The van der Waals surface area contributed by atoms with E-state index in [4.69, 9.17) is 0 Å². The Morgan fingerprint density at radius 1 is 1.47 bits per heavy atom. The van der Waals surface area contributed by atoms with Crippen molar-refractivity contribution in [1.82, 2.24) is 14.9 Å². The van der Waals surface area contributed by atoms with Crippen molar-refractivity contribution in [3.05, 3.63) is 33.0 Å². The molecular weight excluding hydrogens is 250 g/mol. The molecule has 1 atom stereocenters. The smallest absolute Gasteiger partial charge is 0.0803 e. The third-order valence-electron chi connectivity index (χ3n) is 2.72. The Bertz CT molecular complexity index is 436. The van der Waals surface area contributed by atoms with Crippen molar-refractivity contribution in [2.45, 2.75) is 32.2 Å². The molecule has 3 nitrogen and oxygen atoms in total. The highest BCUT2D eigenvalue weighted by molar-refractivity contribution is 7.10. The topological polar surface area (TPSA) is 37.8 Å². The van der Waals surface area contributed by atoms with Gasteiger partial charge < -0.3 is 5.32 Å². The van der Waals surface area contributed by atoms with Crippen molar-refractivity contribution < 1.29 is 0 Å². The minimum absolute atomic E-state index is 0.343. The van der Waals surface area contributed by atoms with Gasteiger partial charge in [0.1, 0.15) is 0 Å². The maximum Gasteiger partial charge on any atom is 0.0803 e. The highest BCUT2D eigenvalue weighted by Crippen LogP contribution is 2.26. The first kappa shape index (κ1) is 12.7. The molecular formula is C12H17N3S2. The van der Waals surface area contributed by atoms with Crippen molar-refractivity contribution in [3.63, 3.8) is 0 Å². The summed E-state index contributed by atoms with van der Waals surface area (Å²) in [5, 5.41) is 9.74. The van der Waals surface area contributed by atoms with E-state index in [2.05, 4.69) is 39.3 Å². The van der Waals surface area contributed by atoms with Crippen LogP contribution in [0.1, 0.15) is 34.8 Å². The van der Waals surface area contributed by atoms with E-state index < -0.39 is 0 Å². The average molecular weight is 267 g/mol. The van der Waals surface area contributed by atoms with E-state index in [0.29, 0.717) is 6.04 Å². The number of aromatic nitrogens is 2. The summed E-state index contributed by atoms with van der Waals surface area (Å²) in [6.07, 6.45) is 3.16. The van der Waals surface area contributed by atoms with Gasteiger partial charge >= 0.3 is 0 Å². The largest absolute Gasteiger partial charge is 0.312 e. The summed E-state index contributed by atoms with van der Waals surface area (Å²) in [5.74, 6) is 0. The Morgan fingerprint density at radius 3 is 3.00 bits per heavy atom. The molecule has 0 aliphatic carbocycles. The van der Waals surface area contributed by atoms with E-state index in [9.17, 15) is 0 Å². The molecule has 2 rings (SSSR count). The van der Waals surface area contributed by atoms with Crippen LogP contribution in [0.25, 0.3) is 0 Å². The van der Waals surface area contributed by atoms with Crippen LogP contribution >= 0.6 is 22.9 Å². The molecule has 92 valence electrons. The number of thiophene rings is 1. The van der Waals surface area contributed by atoms with Crippen molar-refractivity contribution in [1.29, 1.82) is 0 Å². The van der Waals surface area contributed by atoms with Crippen LogP contribution in [-0.4, -0.2) is 16.6 Å². The maximum absolute atomic E-state index is 4.24. The summed E-state index contributed by atoms with van der Waals surface area (Å²) in [5.41, 5.74) is 1.16. The molecule has 0 amide bonds. The van der Waals surface area contributed by atoms with E-state index in [1.165, 1.54) is 21.3 Å². The lowest BCUT2D eigenvalue weighted by Crippen LogP contribution is -2.18. The minimum atomic E-state index is 0.343. The molecule has 2 aromatic rings. The zero-order chi connectivity index (χ0) is 12.1. The third kappa shape index (κ3) is 3.12. The van der Waals surface area contributed by atoms with Gasteiger partial charge in [-0.3, -0.25) is 0 Å². The number of nitrogens with one attached hydrogen (secondary N) is 1. The number of aryl methyl sites for hydroxylation is 1. The molecule has 2 aromatic heterocycles. The fourth-order valence-corrected chi connectivity index (χ4v) is 3.40. The van der Waals surface area contributed by atoms with E-state index in [0.717, 1.165) is 25.0 Å². The van der Waals surface area contributed by atoms with Crippen LogP contribution in [0, 0.1) is 0 Å². The van der Waals surface area contributed by atoms with Gasteiger partial charge in [-0.2, -0.15) is 0 Å². The number of rotatable bonds is 6. The van der Waals surface area contributed by atoms with Gasteiger partial charge in [0.2, 0.25) is 0 Å². The molecule has 5 heteroatoms. The molecule has 0 aliphatic rings. The van der Waals surface area contributed by atoms with E-state index in [1.807, 2.05) is 7.05 Å². The number of nitrogens with zero attached hydrogens (tertiary/aromatic N) is 2. The summed E-state index contributed by atoms with van der Waals surface area (Å²) >= 11 is 3.33. The molecule has 0 radical (unpaired) electrons. The molecule has 0 aromatic carbocycles. The highest BCUT2D eigenvalue weighted by atomic mass is 32.1. The van der Waals surface area contributed by atoms with Crippen LogP contribution < -0.4 is 5.32 Å². The fourth-order valence-electron chi connectivity index (χ4n) is 1.85. The van der Waals surface area contributed by atoms with Crippen molar-refractivity contribution >= 4 is 22.9 Å². The Labute approximate surface area is 110 Å². The lowest BCUT2D eigenvalue weighted by Gasteiger charge is -2.14. The molecule has 1 unspecified atom stereocenters. The van der Waals surface area contributed by atoms with Gasteiger partial charge in [-0.1, -0.05) is 23.9 Å². The van der Waals surface area contributed by atoms with E-state index in [-0.39, 0.29) is 0 Å². The summed E-state index contributed by atoms with van der Waals surface area (Å²) in [6, 6.07) is 4.63. The summed E-state index contributed by atoms with van der Waals surface area (Å²) < 4.78 is 4.09. The molecule has 0 saturated heterocycles. The van der Waals surface area contributed by atoms with Gasteiger partial charge in [-0.15, -0.1) is 16.4 Å². The average Bonchev–Trinajstić information content (AvgIpc) is 2.97. The van der Waals surface area contributed by atoms with Gasteiger partial charge in [-0.05, 0) is 36.4 Å². The second-order valence-electron chi connectivity index (χ2n) is 3.96. The van der Waals surface area contributed by atoms with Crippen molar-refractivity contribution in [3.8, 4) is 0 Å². The maximum atomic E-state index is 4.24. The summed E-state index contributed by atoms with van der Waals surface area (Å²) in [6.45, 7) is 2.18. The molecule has 17 heavy (non-hydrogen) atoms. The lowest BCUT2D eigenvalue weighted by atomic mass is 10.1. The van der Waals surface area contributed by atoms with Crippen molar-refractivity contribution in [2.24, 2.45) is 0 Å². The Kier molecular flexibility index (Phi) is 4.65. The third-order valence-corrected chi connectivity index (χ3v) is 4.50. The van der Waals surface area contributed by atoms with Crippen LogP contribution in [0.15, 0.2) is 17.5 Å². The van der Waals surface area contributed by atoms with Crippen molar-refractivity contribution in [2.75, 3.05) is 7.05 Å². The molecule has 0 spiro atoms. The van der Waals surface area contributed by atoms with Gasteiger partial charge in [0, 0.05) is 17.3 Å². The SMILES string of the molecule is CCCc1nnsc1C(Cc1cccs1)NC. The number of hydrogen-bond acceptors (Lipinski definition) is 5.